The number of hydrogen-bond donors (Lipinski definition) is 2. The lowest BCUT2D eigenvalue weighted by Gasteiger charge is -2.19. The maximum atomic E-state index is 11.6. The van der Waals surface area contributed by atoms with Crippen LogP contribution in [-0.4, -0.2) is 24.5 Å². The highest BCUT2D eigenvalue weighted by Crippen LogP contribution is 2.08. The summed E-state index contributed by atoms with van der Waals surface area (Å²) >= 11 is 0. The van der Waals surface area contributed by atoms with E-state index in [0.29, 0.717) is 12.6 Å². The molecule has 0 fully saturated rings. The lowest BCUT2D eigenvalue weighted by molar-refractivity contribution is -0.122. The fraction of sp³-hybridized carbons (Fsp3) is 0.786. The van der Waals surface area contributed by atoms with Crippen molar-refractivity contribution in [1.29, 1.82) is 0 Å². The second-order valence-corrected chi connectivity index (χ2v) is 5.15. The van der Waals surface area contributed by atoms with Gasteiger partial charge in [0, 0.05) is 12.6 Å². The summed E-state index contributed by atoms with van der Waals surface area (Å²) in [6.07, 6.45) is 5.28. The fourth-order valence-corrected chi connectivity index (χ4v) is 1.74. The van der Waals surface area contributed by atoms with Gasteiger partial charge in [-0.25, -0.2) is 0 Å². The Morgan fingerprint density at radius 3 is 2.41 bits per heavy atom. The van der Waals surface area contributed by atoms with E-state index in [1.54, 1.807) is 6.08 Å². The zero-order valence-corrected chi connectivity index (χ0v) is 11.8. The first-order valence-electron chi connectivity index (χ1n) is 6.62. The Morgan fingerprint density at radius 2 is 1.88 bits per heavy atom. The van der Waals surface area contributed by atoms with Gasteiger partial charge in [0.25, 0.3) is 0 Å². The van der Waals surface area contributed by atoms with E-state index in [4.69, 9.17) is 0 Å². The summed E-state index contributed by atoms with van der Waals surface area (Å²) in [4.78, 5) is 11.6. The molecule has 0 radical (unpaired) electrons. The van der Waals surface area contributed by atoms with Gasteiger partial charge in [-0.1, -0.05) is 32.8 Å². The first-order chi connectivity index (χ1) is 7.97. The number of carbonyl (C=O) groups excluding carboxylic acids is 1. The van der Waals surface area contributed by atoms with Crippen molar-refractivity contribution >= 4 is 5.91 Å². The van der Waals surface area contributed by atoms with Crippen LogP contribution in [0.3, 0.4) is 0 Å². The molecule has 3 heteroatoms. The number of hydrogen-bond acceptors (Lipinski definition) is 2. The number of rotatable bonds is 9. The van der Waals surface area contributed by atoms with Crippen molar-refractivity contribution in [2.45, 2.75) is 59.0 Å². The van der Waals surface area contributed by atoms with Crippen LogP contribution in [0.15, 0.2) is 12.7 Å². The predicted molar refractivity (Wildman–Crippen MR) is 74.0 cm³/mol. The van der Waals surface area contributed by atoms with Gasteiger partial charge >= 0.3 is 0 Å². The lowest BCUT2D eigenvalue weighted by atomic mass is 10.0. The molecule has 0 aromatic carbocycles. The summed E-state index contributed by atoms with van der Waals surface area (Å²) in [5.41, 5.74) is 0. The van der Waals surface area contributed by atoms with E-state index in [0.717, 1.165) is 12.3 Å². The molecule has 0 bridgehead atoms. The van der Waals surface area contributed by atoms with Crippen molar-refractivity contribution in [3.63, 3.8) is 0 Å². The van der Waals surface area contributed by atoms with Crippen LogP contribution in [0.1, 0.15) is 47.0 Å². The van der Waals surface area contributed by atoms with Gasteiger partial charge < -0.3 is 10.6 Å². The molecule has 2 atom stereocenters. The number of amides is 1. The Labute approximate surface area is 106 Å². The normalized spacial score (nSPS) is 14.4. The van der Waals surface area contributed by atoms with Crippen molar-refractivity contribution < 1.29 is 4.79 Å². The SMILES string of the molecule is C=CCNC(=O)C(C)NC(C)CCCC(C)C. The maximum absolute atomic E-state index is 11.6. The van der Waals surface area contributed by atoms with Crippen LogP contribution in [0.25, 0.3) is 0 Å². The Balaban J connectivity index is 3.74. The standard InChI is InChI=1S/C14H28N2O/c1-6-10-15-14(17)13(5)16-12(4)9-7-8-11(2)3/h6,11-13,16H,1,7-10H2,2-5H3,(H,15,17). The molecule has 0 spiro atoms. The average Bonchev–Trinajstić information content (AvgIpc) is 2.25. The molecule has 0 saturated heterocycles. The van der Waals surface area contributed by atoms with Gasteiger partial charge in [0.1, 0.15) is 0 Å². The highest BCUT2D eigenvalue weighted by Gasteiger charge is 2.14. The predicted octanol–water partition coefficient (Wildman–Crippen LogP) is 2.48. The first-order valence-corrected chi connectivity index (χ1v) is 6.62. The second-order valence-electron chi connectivity index (χ2n) is 5.15. The summed E-state index contributed by atoms with van der Waals surface area (Å²) in [5.74, 6) is 0.802. The van der Waals surface area contributed by atoms with Gasteiger partial charge in [-0.3, -0.25) is 4.79 Å². The van der Waals surface area contributed by atoms with Crippen LogP contribution in [0, 0.1) is 5.92 Å². The molecule has 0 rings (SSSR count). The minimum Gasteiger partial charge on any atom is -0.351 e. The van der Waals surface area contributed by atoms with Crippen LogP contribution in [0.5, 0.6) is 0 Å². The molecule has 0 aliphatic heterocycles. The van der Waals surface area contributed by atoms with Crippen LogP contribution < -0.4 is 10.6 Å². The number of nitrogens with one attached hydrogen (secondary N) is 2. The fourth-order valence-electron chi connectivity index (χ4n) is 1.74. The molecular weight excluding hydrogens is 212 g/mol. The summed E-state index contributed by atoms with van der Waals surface area (Å²) in [6, 6.07) is 0.252. The molecule has 1 amide bonds. The van der Waals surface area contributed by atoms with E-state index in [1.807, 2.05) is 6.92 Å². The van der Waals surface area contributed by atoms with Gasteiger partial charge in [-0.05, 0) is 26.2 Å². The van der Waals surface area contributed by atoms with Gasteiger partial charge in [-0.15, -0.1) is 6.58 Å². The summed E-state index contributed by atoms with van der Waals surface area (Å²) in [6.45, 7) is 12.6. The molecule has 0 aliphatic rings. The van der Waals surface area contributed by atoms with Gasteiger partial charge in [0.05, 0.1) is 6.04 Å². The van der Waals surface area contributed by atoms with E-state index >= 15 is 0 Å². The molecule has 3 nitrogen and oxygen atoms in total. The van der Waals surface area contributed by atoms with Crippen molar-refractivity contribution in [3.05, 3.63) is 12.7 Å². The smallest absolute Gasteiger partial charge is 0.237 e. The van der Waals surface area contributed by atoms with Crippen LogP contribution in [0.4, 0.5) is 0 Å². The van der Waals surface area contributed by atoms with E-state index in [1.165, 1.54) is 12.8 Å². The van der Waals surface area contributed by atoms with Crippen molar-refractivity contribution in [2.75, 3.05) is 6.54 Å². The lowest BCUT2D eigenvalue weighted by Crippen LogP contribution is -2.45. The van der Waals surface area contributed by atoms with E-state index < -0.39 is 0 Å². The monoisotopic (exact) mass is 240 g/mol. The molecule has 100 valence electrons. The van der Waals surface area contributed by atoms with Gasteiger partial charge in [0.2, 0.25) is 5.91 Å². The van der Waals surface area contributed by atoms with E-state index in [2.05, 4.69) is 38.0 Å². The van der Waals surface area contributed by atoms with Crippen molar-refractivity contribution in [3.8, 4) is 0 Å². The van der Waals surface area contributed by atoms with E-state index in [-0.39, 0.29) is 11.9 Å². The molecule has 2 N–H and O–H groups in total. The summed E-state index contributed by atoms with van der Waals surface area (Å²) in [7, 11) is 0. The minimum absolute atomic E-state index is 0.0422. The highest BCUT2D eigenvalue weighted by molar-refractivity contribution is 5.81. The Kier molecular flexibility index (Phi) is 8.78. The summed E-state index contributed by atoms with van der Waals surface area (Å²) < 4.78 is 0. The molecule has 0 saturated carbocycles. The first kappa shape index (κ1) is 16.2. The van der Waals surface area contributed by atoms with Gasteiger partial charge in [0.15, 0.2) is 0 Å². The average molecular weight is 240 g/mol. The Morgan fingerprint density at radius 1 is 1.24 bits per heavy atom. The molecule has 2 unspecified atom stereocenters. The van der Waals surface area contributed by atoms with Crippen LogP contribution in [-0.2, 0) is 4.79 Å². The highest BCUT2D eigenvalue weighted by atomic mass is 16.2. The Bertz CT molecular complexity index is 226. The topological polar surface area (TPSA) is 41.1 Å². The molecule has 0 aromatic heterocycles. The molecule has 0 aromatic rings. The molecular formula is C14H28N2O. The third kappa shape index (κ3) is 8.93. The summed E-state index contributed by atoms with van der Waals surface area (Å²) in [5, 5.41) is 6.11. The number of carbonyl (C=O) groups is 1. The van der Waals surface area contributed by atoms with Crippen LogP contribution in [0.2, 0.25) is 0 Å². The van der Waals surface area contributed by atoms with Crippen molar-refractivity contribution in [1.82, 2.24) is 10.6 Å². The zero-order chi connectivity index (χ0) is 13.3. The van der Waals surface area contributed by atoms with Crippen molar-refractivity contribution in [2.24, 2.45) is 5.92 Å². The minimum atomic E-state index is -0.135. The Hall–Kier alpha value is -0.830. The van der Waals surface area contributed by atoms with Crippen LogP contribution >= 0.6 is 0 Å². The largest absolute Gasteiger partial charge is 0.351 e. The maximum Gasteiger partial charge on any atom is 0.237 e. The molecule has 0 heterocycles. The zero-order valence-electron chi connectivity index (χ0n) is 11.8. The molecule has 17 heavy (non-hydrogen) atoms. The second kappa shape index (κ2) is 9.23. The molecule has 0 aliphatic carbocycles. The quantitative estimate of drug-likeness (QED) is 0.608. The van der Waals surface area contributed by atoms with Gasteiger partial charge in [-0.2, -0.15) is 0 Å². The van der Waals surface area contributed by atoms with E-state index in [9.17, 15) is 4.79 Å². The third-order valence-corrected chi connectivity index (χ3v) is 2.77. The third-order valence-electron chi connectivity index (χ3n) is 2.77.